The zero-order valence-corrected chi connectivity index (χ0v) is 17.7. The summed E-state index contributed by atoms with van der Waals surface area (Å²) in [7, 11) is 2.98. The van der Waals surface area contributed by atoms with E-state index in [1.807, 2.05) is 48.5 Å². The van der Waals surface area contributed by atoms with E-state index in [-0.39, 0.29) is 17.0 Å². The summed E-state index contributed by atoms with van der Waals surface area (Å²) in [5.74, 6) is -0.662. The zero-order valence-electron chi connectivity index (χ0n) is 16.1. The molecule has 0 spiro atoms. The number of anilines is 1. The predicted molar refractivity (Wildman–Crippen MR) is 117 cm³/mol. The Morgan fingerprint density at radius 2 is 1.73 bits per heavy atom. The summed E-state index contributed by atoms with van der Waals surface area (Å²) in [6, 6.07) is 14.8. The number of aromatic nitrogens is 2. The monoisotopic (exact) mass is 465 g/mol. The van der Waals surface area contributed by atoms with Crippen molar-refractivity contribution in [1.82, 2.24) is 9.13 Å². The van der Waals surface area contributed by atoms with Crippen LogP contribution in [0.5, 0.6) is 0 Å². The molecule has 0 fully saturated rings. The Kier molecular flexibility index (Phi) is 4.08. The molecule has 0 bridgehead atoms. The molecule has 7 nitrogen and oxygen atoms in total. The molecule has 1 N–H and O–H groups in total. The molecule has 4 aromatic rings. The molecule has 1 atom stereocenters. The van der Waals surface area contributed by atoms with Crippen molar-refractivity contribution in [3.05, 3.63) is 85.2 Å². The fourth-order valence-corrected chi connectivity index (χ4v) is 4.40. The number of amides is 1. The van der Waals surface area contributed by atoms with Crippen LogP contribution in [0.2, 0.25) is 0 Å². The van der Waals surface area contributed by atoms with E-state index in [4.69, 9.17) is 4.42 Å². The van der Waals surface area contributed by atoms with Crippen molar-refractivity contribution in [2.24, 2.45) is 14.1 Å². The standard InChI is InChI=1S/C22H16BrN3O4/c1-25-20(28)17-15(11-6-4-3-5-7-11)18(30-21(17)26(2)22(25)29)16-13-10-12(23)8-9-14(13)24-19(16)27/h3-10,16H,1-2H3,(H,24,27). The molecule has 0 aliphatic carbocycles. The topological polar surface area (TPSA) is 86.2 Å². The Morgan fingerprint density at radius 1 is 1.00 bits per heavy atom. The third-order valence-electron chi connectivity index (χ3n) is 5.48. The number of carbonyl (C=O) groups is 1. The van der Waals surface area contributed by atoms with E-state index in [1.54, 1.807) is 7.05 Å². The Balaban J connectivity index is 1.93. The largest absolute Gasteiger partial charge is 0.442 e. The highest BCUT2D eigenvalue weighted by molar-refractivity contribution is 9.10. The van der Waals surface area contributed by atoms with Gasteiger partial charge in [-0.1, -0.05) is 46.3 Å². The predicted octanol–water partition coefficient (Wildman–Crippen LogP) is 3.34. The van der Waals surface area contributed by atoms with Crippen LogP contribution in [0.25, 0.3) is 22.2 Å². The molecule has 1 aliphatic rings. The molecule has 3 heterocycles. The molecule has 0 saturated carbocycles. The highest BCUT2D eigenvalue weighted by Crippen LogP contribution is 2.45. The number of aryl methyl sites for hydroxylation is 1. The van der Waals surface area contributed by atoms with Crippen molar-refractivity contribution in [2.75, 3.05) is 5.32 Å². The van der Waals surface area contributed by atoms with Gasteiger partial charge in [-0.05, 0) is 29.3 Å². The van der Waals surface area contributed by atoms with Crippen LogP contribution in [-0.4, -0.2) is 15.0 Å². The number of furan rings is 1. The summed E-state index contributed by atoms with van der Waals surface area (Å²) in [5, 5.41) is 3.15. The van der Waals surface area contributed by atoms with Crippen LogP contribution < -0.4 is 16.6 Å². The minimum atomic E-state index is -0.750. The second-order valence-electron chi connectivity index (χ2n) is 7.25. The lowest BCUT2D eigenvalue weighted by molar-refractivity contribution is -0.116. The minimum Gasteiger partial charge on any atom is -0.442 e. The quantitative estimate of drug-likeness (QED) is 0.491. The first-order valence-corrected chi connectivity index (χ1v) is 10.1. The number of nitrogens with zero attached hydrogens (tertiary/aromatic N) is 2. The van der Waals surface area contributed by atoms with Crippen LogP contribution >= 0.6 is 15.9 Å². The van der Waals surface area contributed by atoms with Crippen LogP contribution in [-0.2, 0) is 18.9 Å². The molecule has 1 unspecified atom stereocenters. The summed E-state index contributed by atoms with van der Waals surface area (Å²) >= 11 is 3.46. The summed E-state index contributed by atoms with van der Waals surface area (Å²) in [6.45, 7) is 0. The molecule has 30 heavy (non-hydrogen) atoms. The molecule has 2 aromatic carbocycles. The molecule has 1 amide bonds. The van der Waals surface area contributed by atoms with Gasteiger partial charge < -0.3 is 9.73 Å². The molecular weight excluding hydrogens is 450 g/mol. The van der Waals surface area contributed by atoms with E-state index in [2.05, 4.69) is 21.2 Å². The van der Waals surface area contributed by atoms with Crippen LogP contribution in [0.15, 0.2) is 67.0 Å². The maximum atomic E-state index is 13.1. The SMILES string of the molecule is Cn1c(=O)c2c(-c3ccccc3)c(C3C(=O)Nc4ccc(Br)cc43)oc2n(C)c1=O. The molecular formula is C22H16BrN3O4. The van der Waals surface area contributed by atoms with Crippen molar-refractivity contribution < 1.29 is 9.21 Å². The lowest BCUT2D eigenvalue weighted by atomic mass is 9.92. The van der Waals surface area contributed by atoms with Gasteiger partial charge in [0.25, 0.3) is 5.56 Å². The normalized spacial score (nSPS) is 15.4. The smallest absolute Gasteiger partial charge is 0.333 e. The van der Waals surface area contributed by atoms with Crippen molar-refractivity contribution in [2.45, 2.75) is 5.92 Å². The van der Waals surface area contributed by atoms with E-state index in [0.29, 0.717) is 17.0 Å². The fourth-order valence-electron chi connectivity index (χ4n) is 4.02. The number of halogens is 1. The van der Waals surface area contributed by atoms with Gasteiger partial charge in [0.2, 0.25) is 11.6 Å². The summed E-state index contributed by atoms with van der Waals surface area (Å²) in [6.07, 6.45) is 0. The molecule has 2 aromatic heterocycles. The Morgan fingerprint density at radius 3 is 2.47 bits per heavy atom. The first-order valence-electron chi connectivity index (χ1n) is 9.26. The number of hydrogen-bond acceptors (Lipinski definition) is 4. The van der Waals surface area contributed by atoms with Crippen LogP contribution in [0, 0.1) is 0 Å². The van der Waals surface area contributed by atoms with Crippen molar-refractivity contribution >= 4 is 38.6 Å². The second-order valence-corrected chi connectivity index (χ2v) is 8.16. The molecule has 8 heteroatoms. The molecule has 5 rings (SSSR count). The number of benzene rings is 2. The molecule has 1 aliphatic heterocycles. The Labute approximate surface area is 178 Å². The molecule has 150 valence electrons. The second kappa shape index (κ2) is 6.56. The van der Waals surface area contributed by atoms with E-state index in [1.165, 1.54) is 11.6 Å². The van der Waals surface area contributed by atoms with Crippen molar-refractivity contribution in [3.8, 4) is 11.1 Å². The number of nitrogens with one attached hydrogen (secondary N) is 1. The number of rotatable bonds is 2. The Bertz CT molecular complexity index is 1460. The van der Waals surface area contributed by atoms with Gasteiger partial charge in [-0.25, -0.2) is 4.79 Å². The van der Waals surface area contributed by atoms with E-state index >= 15 is 0 Å². The maximum absolute atomic E-state index is 13.1. The number of hydrogen-bond donors (Lipinski definition) is 1. The molecule has 0 saturated heterocycles. The van der Waals surface area contributed by atoms with Crippen LogP contribution in [0.1, 0.15) is 17.2 Å². The molecule has 0 radical (unpaired) electrons. The van der Waals surface area contributed by atoms with Gasteiger partial charge in [0.05, 0.1) is 0 Å². The van der Waals surface area contributed by atoms with E-state index < -0.39 is 17.2 Å². The average Bonchev–Trinajstić information content (AvgIpc) is 3.28. The Hall–Kier alpha value is -3.39. The van der Waals surface area contributed by atoms with Gasteiger partial charge in [0.1, 0.15) is 17.1 Å². The lowest BCUT2D eigenvalue weighted by Crippen LogP contribution is -2.36. The average molecular weight is 466 g/mol. The van der Waals surface area contributed by atoms with Crippen LogP contribution in [0.4, 0.5) is 5.69 Å². The van der Waals surface area contributed by atoms with Gasteiger partial charge in [0, 0.05) is 29.8 Å². The zero-order chi connectivity index (χ0) is 21.2. The summed E-state index contributed by atoms with van der Waals surface area (Å²) < 4.78 is 9.29. The fraction of sp³-hybridized carbons (Fsp3) is 0.136. The third-order valence-corrected chi connectivity index (χ3v) is 5.98. The van der Waals surface area contributed by atoms with Gasteiger partial charge >= 0.3 is 5.69 Å². The number of carbonyl (C=O) groups excluding carboxylic acids is 1. The highest BCUT2D eigenvalue weighted by atomic mass is 79.9. The lowest BCUT2D eigenvalue weighted by Gasteiger charge is -2.09. The van der Waals surface area contributed by atoms with Crippen molar-refractivity contribution in [1.29, 1.82) is 0 Å². The van der Waals surface area contributed by atoms with Gasteiger partial charge in [0.15, 0.2) is 0 Å². The van der Waals surface area contributed by atoms with Crippen molar-refractivity contribution in [3.63, 3.8) is 0 Å². The summed E-state index contributed by atoms with van der Waals surface area (Å²) in [4.78, 5) is 38.5. The highest BCUT2D eigenvalue weighted by Gasteiger charge is 2.38. The van der Waals surface area contributed by atoms with Gasteiger partial charge in [-0.2, -0.15) is 0 Å². The van der Waals surface area contributed by atoms with E-state index in [9.17, 15) is 14.4 Å². The number of fused-ring (bicyclic) bond motifs is 2. The maximum Gasteiger partial charge on any atom is 0.333 e. The minimum absolute atomic E-state index is 0.146. The van der Waals surface area contributed by atoms with Crippen LogP contribution in [0.3, 0.4) is 0 Å². The first kappa shape index (κ1) is 18.6. The third kappa shape index (κ3) is 2.53. The summed E-state index contributed by atoms with van der Waals surface area (Å²) in [5.41, 5.74) is 1.88. The first-order chi connectivity index (χ1) is 14.4. The van der Waals surface area contributed by atoms with Gasteiger partial charge in [-0.3, -0.25) is 18.7 Å². The van der Waals surface area contributed by atoms with Gasteiger partial charge in [-0.15, -0.1) is 0 Å². The van der Waals surface area contributed by atoms with E-state index in [0.717, 1.165) is 20.2 Å².